The van der Waals surface area contributed by atoms with Gasteiger partial charge in [-0.25, -0.2) is 0 Å². The van der Waals surface area contributed by atoms with E-state index in [1.54, 1.807) is 6.08 Å². The first-order valence-corrected chi connectivity index (χ1v) is 5.66. The van der Waals surface area contributed by atoms with Gasteiger partial charge in [0.05, 0.1) is 6.61 Å². The standard InChI is InChI=1S/C12H21NO2/c1-4-7-15-11(8-10-5-6-10)12(14)13-9(2)3/h4,9-11H,1,5-8H2,2-3H3,(H,13,14). The Kier molecular flexibility index (Phi) is 4.82. The van der Waals surface area contributed by atoms with Gasteiger partial charge in [-0.1, -0.05) is 18.9 Å². The predicted octanol–water partition coefficient (Wildman–Crippen LogP) is 1.88. The van der Waals surface area contributed by atoms with Crippen LogP contribution in [0.1, 0.15) is 33.1 Å². The van der Waals surface area contributed by atoms with Crippen LogP contribution >= 0.6 is 0 Å². The number of hydrogen-bond acceptors (Lipinski definition) is 2. The number of carbonyl (C=O) groups is 1. The fourth-order valence-corrected chi connectivity index (χ4v) is 1.47. The van der Waals surface area contributed by atoms with Gasteiger partial charge in [-0.15, -0.1) is 6.58 Å². The molecule has 0 bridgehead atoms. The number of amides is 1. The highest BCUT2D eigenvalue weighted by Gasteiger charge is 2.29. The molecule has 0 aromatic carbocycles. The molecule has 1 N–H and O–H groups in total. The predicted molar refractivity (Wildman–Crippen MR) is 60.6 cm³/mol. The van der Waals surface area contributed by atoms with Crippen LogP contribution < -0.4 is 5.32 Å². The summed E-state index contributed by atoms with van der Waals surface area (Å²) >= 11 is 0. The summed E-state index contributed by atoms with van der Waals surface area (Å²) in [5.41, 5.74) is 0. The summed E-state index contributed by atoms with van der Waals surface area (Å²) < 4.78 is 5.47. The quantitative estimate of drug-likeness (QED) is 0.653. The Morgan fingerprint density at radius 3 is 2.73 bits per heavy atom. The molecule has 15 heavy (non-hydrogen) atoms. The second kappa shape index (κ2) is 5.91. The molecule has 0 radical (unpaired) electrons. The number of carbonyl (C=O) groups excluding carboxylic acids is 1. The van der Waals surface area contributed by atoms with E-state index in [0.29, 0.717) is 12.5 Å². The summed E-state index contributed by atoms with van der Waals surface area (Å²) in [5, 5.41) is 2.89. The molecule has 1 amide bonds. The lowest BCUT2D eigenvalue weighted by molar-refractivity contribution is -0.133. The maximum Gasteiger partial charge on any atom is 0.249 e. The average molecular weight is 211 g/mol. The molecule has 0 aromatic heterocycles. The zero-order valence-corrected chi connectivity index (χ0v) is 9.66. The van der Waals surface area contributed by atoms with Crippen molar-refractivity contribution >= 4 is 5.91 Å². The molecule has 0 saturated heterocycles. The van der Waals surface area contributed by atoms with Crippen molar-refractivity contribution in [1.29, 1.82) is 0 Å². The monoisotopic (exact) mass is 211 g/mol. The Bertz CT molecular complexity index is 222. The normalized spacial score (nSPS) is 17.5. The molecule has 1 unspecified atom stereocenters. The molecule has 0 aromatic rings. The van der Waals surface area contributed by atoms with E-state index < -0.39 is 0 Å². The third kappa shape index (κ3) is 4.98. The summed E-state index contributed by atoms with van der Waals surface area (Å²) in [6.07, 6.45) is 4.72. The molecule has 86 valence electrons. The number of ether oxygens (including phenoxy) is 1. The van der Waals surface area contributed by atoms with E-state index in [9.17, 15) is 4.79 Å². The molecule has 0 heterocycles. The highest BCUT2D eigenvalue weighted by Crippen LogP contribution is 2.34. The van der Waals surface area contributed by atoms with E-state index in [-0.39, 0.29) is 18.1 Å². The van der Waals surface area contributed by atoms with E-state index in [1.807, 2.05) is 13.8 Å². The molecular weight excluding hydrogens is 190 g/mol. The molecule has 1 aliphatic carbocycles. The van der Waals surface area contributed by atoms with Gasteiger partial charge in [0.2, 0.25) is 5.91 Å². The van der Waals surface area contributed by atoms with E-state index in [2.05, 4.69) is 11.9 Å². The SMILES string of the molecule is C=CCOC(CC1CC1)C(=O)NC(C)C. The number of rotatable bonds is 7. The second-order valence-corrected chi connectivity index (χ2v) is 4.45. The zero-order valence-electron chi connectivity index (χ0n) is 9.66. The van der Waals surface area contributed by atoms with Crippen molar-refractivity contribution in [2.45, 2.75) is 45.3 Å². The van der Waals surface area contributed by atoms with Gasteiger partial charge < -0.3 is 10.1 Å². The first kappa shape index (κ1) is 12.2. The zero-order chi connectivity index (χ0) is 11.3. The number of nitrogens with one attached hydrogen (secondary N) is 1. The lowest BCUT2D eigenvalue weighted by Gasteiger charge is -2.18. The molecule has 1 atom stereocenters. The van der Waals surface area contributed by atoms with Crippen molar-refractivity contribution in [3.05, 3.63) is 12.7 Å². The van der Waals surface area contributed by atoms with E-state index in [0.717, 1.165) is 6.42 Å². The minimum absolute atomic E-state index is 0.0127. The summed E-state index contributed by atoms with van der Waals surface area (Å²) in [7, 11) is 0. The molecular formula is C12H21NO2. The first-order valence-electron chi connectivity index (χ1n) is 5.66. The van der Waals surface area contributed by atoms with Crippen LogP contribution in [0.25, 0.3) is 0 Å². The maximum atomic E-state index is 11.8. The van der Waals surface area contributed by atoms with Crippen LogP contribution in [0.2, 0.25) is 0 Å². The van der Waals surface area contributed by atoms with Crippen molar-refractivity contribution in [2.75, 3.05) is 6.61 Å². The third-order valence-corrected chi connectivity index (χ3v) is 2.38. The first-order chi connectivity index (χ1) is 7.13. The number of hydrogen-bond donors (Lipinski definition) is 1. The fraction of sp³-hybridized carbons (Fsp3) is 0.750. The summed E-state index contributed by atoms with van der Waals surface area (Å²) in [6, 6.07) is 0.173. The Morgan fingerprint density at radius 2 is 2.27 bits per heavy atom. The van der Waals surface area contributed by atoms with Gasteiger partial charge in [0.25, 0.3) is 0 Å². The van der Waals surface area contributed by atoms with Gasteiger partial charge in [-0.3, -0.25) is 4.79 Å². The Labute approximate surface area is 91.9 Å². The van der Waals surface area contributed by atoms with Crippen LogP contribution in [0.3, 0.4) is 0 Å². The Morgan fingerprint density at radius 1 is 1.60 bits per heavy atom. The molecule has 1 saturated carbocycles. The van der Waals surface area contributed by atoms with Gasteiger partial charge in [-0.05, 0) is 26.2 Å². The third-order valence-electron chi connectivity index (χ3n) is 2.38. The lowest BCUT2D eigenvalue weighted by atomic mass is 10.1. The van der Waals surface area contributed by atoms with Gasteiger partial charge in [0.15, 0.2) is 0 Å². The van der Waals surface area contributed by atoms with Crippen molar-refractivity contribution in [2.24, 2.45) is 5.92 Å². The van der Waals surface area contributed by atoms with Crippen molar-refractivity contribution in [3.8, 4) is 0 Å². The molecule has 3 nitrogen and oxygen atoms in total. The molecule has 0 aliphatic heterocycles. The molecule has 0 spiro atoms. The van der Waals surface area contributed by atoms with Crippen LogP contribution in [-0.2, 0) is 9.53 Å². The fourth-order valence-electron chi connectivity index (χ4n) is 1.47. The van der Waals surface area contributed by atoms with Crippen molar-refractivity contribution in [1.82, 2.24) is 5.32 Å². The highest BCUT2D eigenvalue weighted by molar-refractivity contribution is 5.81. The summed E-state index contributed by atoms with van der Waals surface area (Å²) in [4.78, 5) is 11.8. The van der Waals surface area contributed by atoms with Crippen LogP contribution in [0.15, 0.2) is 12.7 Å². The van der Waals surface area contributed by atoms with Crippen molar-refractivity contribution in [3.63, 3.8) is 0 Å². The minimum atomic E-state index is -0.294. The van der Waals surface area contributed by atoms with Crippen LogP contribution in [0.4, 0.5) is 0 Å². The van der Waals surface area contributed by atoms with Crippen LogP contribution in [0.5, 0.6) is 0 Å². The van der Waals surface area contributed by atoms with E-state index in [4.69, 9.17) is 4.74 Å². The smallest absolute Gasteiger partial charge is 0.249 e. The second-order valence-electron chi connectivity index (χ2n) is 4.45. The highest BCUT2D eigenvalue weighted by atomic mass is 16.5. The van der Waals surface area contributed by atoms with Crippen LogP contribution in [0, 0.1) is 5.92 Å². The van der Waals surface area contributed by atoms with Crippen LogP contribution in [-0.4, -0.2) is 24.7 Å². The minimum Gasteiger partial charge on any atom is -0.364 e. The summed E-state index contributed by atoms with van der Waals surface area (Å²) in [6.45, 7) is 7.95. The van der Waals surface area contributed by atoms with Gasteiger partial charge in [-0.2, -0.15) is 0 Å². The van der Waals surface area contributed by atoms with E-state index >= 15 is 0 Å². The largest absolute Gasteiger partial charge is 0.364 e. The molecule has 1 rings (SSSR count). The van der Waals surface area contributed by atoms with Gasteiger partial charge in [0.1, 0.15) is 6.10 Å². The lowest BCUT2D eigenvalue weighted by Crippen LogP contribution is -2.40. The van der Waals surface area contributed by atoms with E-state index in [1.165, 1.54) is 12.8 Å². The summed E-state index contributed by atoms with van der Waals surface area (Å²) in [5.74, 6) is 0.705. The molecule has 1 aliphatic rings. The Balaban J connectivity index is 2.37. The van der Waals surface area contributed by atoms with Crippen molar-refractivity contribution < 1.29 is 9.53 Å². The Hall–Kier alpha value is -0.830. The maximum absolute atomic E-state index is 11.8. The average Bonchev–Trinajstić information content (AvgIpc) is 2.94. The van der Waals surface area contributed by atoms with Gasteiger partial charge >= 0.3 is 0 Å². The molecule has 1 fully saturated rings. The molecule has 3 heteroatoms. The topological polar surface area (TPSA) is 38.3 Å². The van der Waals surface area contributed by atoms with Gasteiger partial charge in [0, 0.05) is 6.04 Å².